The molecule has 1 aromatic rings. The molecule has 0 unspecified atom stereocenters. The molecule has 0 aliphatic carbocycles. The van der Waals surface area contributed by atoms with Gasteiger partial charge in [0.2, 0.25) is 0 Å². The molecule has 0 spiro atoms. The lowest BCUT2D eigenvalue weighted by Crippen LogP contribution is -2.45. The van der Waals surface area contributed by atoms with Crippen LogP contribution in [0.15, 0.2) is 18.2 Å². The molecule has 0 aliphatic heterocycles. The van der Waals surface area contributed by atoms with Crippen LogP contribution in [0.3, 0.4) is 0 Å². The van der Waals surface area contributed by atoms with E-state index in [0.29, 0.717) is 23.7 Å². The molecule has 1 rings (SSSR count). The van der Waals surface area contributed by atoms with Crippen LogP contribution in [0.5, 0.6) is 11.5 Å². The van der Waals surface area contributed by atoms with Gasteiger partial charge in [-0.05, 0) is 24.0 Å². The van der Waals surface area contributed by atoms with Crippen LogP contribution in [-0.4, -0.2) is 38.7 Å². The lowest BCUT2D eigenvalue weighted by atomic mass is 10.0. The van der Waals surface area contributed by atoms with Crippen molar-refractivity contribution < 1.29 is 23.8 Å². The number of benzene rings is 1. The quantitative estimate of drug-likeness (QED) is 0.738. The van der Waals surface area contributed by atoms with Gasteiger partial charge in [-0.2, -0.15) is 0 Å². The number of hydrogen-bond donors (Lipinski definition) is 1. The summed E-state index contributed by atoms with van der Waals surface area (Å²) in [7, 11) is 3.02. The van der Waals surface area contributed by atoms with Crippen molar-refractivity contribution in [2.75, 3.05) is 20.8 Å². The van der Waals surface area contributed by atoms with Crippen molar-refractivity contribution in [2.45, 2.75) is 33.7 Å². The summed E-state index contributed by atoms with van der Waals surface area (Å²) >= 11 is 0. The molecule has 0 heterocycles. The first-order valence-corrected chi connectivity index (χ1v) is 7.99. The zero-order valence-electron chi connectivity index (χ0n) is 15.2. The van der Waals surface area contributed by atoms with E-state index >= 15 is 0 Å². The maximum atomic E-state index is 12.5. The predicted octanol–water partition coefficient (Wildman–Crippen LogP) is 2.66. The number of ether oxygens (including phenoxy) is 3. The van der Waals surface area contributed by atoms with E-state index in [4.69, 9.17) is 14.2 Å². The molecule has 1 atom stereocenters. The van der Waals surface area contributed by atoms with Gasteiger partial charge in [0.25, 0.3) is 5.91 Å². The molecule has 0 radical (unpaired) electrons. The number of carbonyl (C=O) groups excluding carboxylic acids is 2. The molecule has 1 amide bonds. The van der Waals surface area contributed by atoms with Crippen molar-refractivity contribution in [3.05, 3.63) is 23.8 Å². The van der Waals surface area contributed by atoms with Crippen LogP contribution in [0.25, 0.3) is 0 Å². The summed E-state index contributed by atoms with van der Waals surface area (Å²) in [4.78, 5) is 24.7. The number of rotatable bonds is 8. The highest BCUT2D eigenvalue weighted by atomic mass is 16.5. The first-order chi connectivity index (χ1) is 11.3. The Morgan fingerprint density at radius 2 is 1.54 bits per heavy atom. The largest absolute Gasteiger partial charge is 0.497 e. The van der Waals surface area contributed by atoms with E-state index in [1.54, 1.807) is 18.2 Å². The van der Waals surface area contributed by atoms with Gasteiger partial charge in [-0.25, -0.2) is 4.79 Å². The van der Waals surface area contributed by atoms with Crippen LogP contribution in [0.1, 0.15) is 38.1 Å². The minimum atomic E-state index is -0.714. The summed E-state index contributed by atoms with van der Waals surface area (Å²) in [5.74, 6) is 0.335. The van der Waals surface area contributed by atoms with Crippen molar-refractivity contribution in [1.82, 2.24) is 5.32 Å². The van der Waals surface area contributed by atoms with Crippen molar-refractivity contribution in [1.29, 1.82) is 0 Å². The molecule has 1 N–H and O–H groups in total. The van der Waals surface area contributed by atoms with Crippen LogP contribution < -0.4 is 14.8 Å². The molecule has 0 aliphatic rings. The summed E-state index contributed by atoms with van der Waals surface area (Å²) in [5.41, 5.74) is 0.355. The molecule has 0 bridgehead atoms. The number of carbonyl (C=O) groups is 2. The lowest BCUT2D eigenvalue weighted by molar-refractivity contribution is -0.148. The SMILES string of the molecule is COc1cc(OC)cc(C(=O)N[C@H](C(=O)OCC(C)C)C(C)C)c1. The van der Waals surface area contributed by atoms with E-state index in [0.717, 1.165) is 0 Å². The standard InChI is InChI=1S/C18H27NO5/c1-11(2)10-24-18(21)16(12(3)4)19-17(20)13-7-14(22-5)9-15(8-13)23-6/h7-9,11-12,16H,10H2,1-6H3,(H,19,20)/t16-/m0/s1. The van der Waals surface area contributed by atoms with Gasteiger partial charge in [-0.15, -0.1) is 0 Å². The van der Waals surface area contributed by atoms with E-state index in [1.165, 1.54) is 14.2 Å². The average Bonchev–Trinajstić information content (AvgIpc) is 2.56. The zero-order valence-corrected chi connectivity index (χ0v) is 15.2. The van der Waals surface area contributed by atoms with Crippen LogP contribution in [0.4, 0.5) is 0 Å². The minimum absolute atomic E-state index is 0.0962. The van der Waals surface area contributed by atoms with Crippen molar-refractivity contribution in [2.24, 2.45) is 11.8 Å². The number of esters is 1. The summed E-state index contributed by atoms with van der Waals surface area (Å²) in [6.07, 6.45) is 0. The van der Waals surface area contributed by atoms with Crippen LogP contribution in [0, 0.1) is 11.8 Å². The Morgan fingerprint density at radius 1 is 1.00 bits per heavy atom. The summed E-state index contributed by atoms with van der Waals surface area (Å²) in [6.45, 7) is 7.95. The molecule has 0 fully saturated rings. The number of amides is 1. The highest BCUT2D eigenvalue weighted by Gasteiger charge is 2.26. The van der Waals surface area contributed by atoms with Gasteiger partial charge in [-0.1, -0.05) is 27.7 Å². The zero-order chi connectivity index (χ0) is 18.3. The minimum Gasteiger partial charge on any atom is -0.497 e. The number of hydrogen-bond acceptors (Lipinski definition) is 5. The van der Waals surface area contributed by atoms with E-state index in [-0.39, 0.29) is 17.7 Å². The molecule has 6 heteroatoms. The molecule has 134 valence electrons. The first kappa shape index (κ1) is 19.8. The van der Waals surface area contributed by atoms with E-state index in [1.807, 2.05) is 27.7 Å². The number of nitrogens with one attached hydrogen (secondary N) is 1. The van der Waals surface area contributed by atoms with E-state index in [2.05, 4.69) is 5.32 Å². The molecule has 0 saturated carbocycles. The number of methoxy groups -OCH3 is 2. The first-order valence-electron chi connectivity index (χ1n) is 7.99. The summed E-state index contributed by atoms with van der Waals surface area (Å²) in [6, 6.07) is 4.14. The highest BCUT2D eigenvalue weighted by Crippen LogP contribution is 2.22. The topological polar surface area (TPSA) is 73.9 Å². The van der Waals surface area contributed by atoms with Gasteiger partial charge < -0.3 is 19.5 Å². The third-order valence-corrected chi connectivity index (χ3v) is 3.38. The maximum absolute atomic E-state index is 12.5. The van der Waals surface area contributed by atoms with Crippen LogP contribution >= 0.6 is 0 Å². The fraction of sp³-hybridized carbons (Fsp3) is 0.556. The second-order valence-corrected chi connectivity index (χ2v) is 6.32. The summed E-state index contributed by atoms with van der Waals surface area (Å²) in [5, 5.41) is 2.73. The van der Waals surface area contributed by atoms with Crippen molar-refractivity contribution in [3.8, 4) is 11.5 Å². The Labute approximate surface area is 143 Å². The Morgan fingerprint density at radius 3 is 1.96 bits per heavy atom. The smallest absolute Gasteiger partial charge is 0.328 e. The molecular weight excluding hydrogens is 310 g/mol. The maximum Gasteiger partial charge on any atom is 0.328 e. The van der Waals surface area contributed by atoms with Gasteiger partial charge in [0.15, 0.2) is 0 Å². The van der Waals surface area contributed by atoms with Gasteiger partial charge in [0.05, 0.1) is 20.8 Å². The molecule has 0 saturated heterocycles. The Balaban J connectivity index is 2.91. The molecule has 0 aromatic heterocycles. The molecule has 6 nitrogen and oxygen atoms in total. The molecule has 24 heavy (non-hydrogen) atoms. The van der Waals surface area contributed by atoms with Gasteiger partial charge in [0, 0.05) is 11.6 Å². The second-order valence-electron chi connectivity index (χ2n) is 6.32. The fourth-order valence-corrected chi connectivity index (χ4v) is 2.00. The Kier molecular flexibility index (Phi) is 7.55. The highest BCUT2D eigenvalue weighted by molar-refractivity contribution is 5.97. The van der Waals surface area contributed by atoms with Crippen molar-refractivity contribution in [3.63, 3.8) is 0 Å². The third kappa shape index (κ3) is 5.76. The Hall–Kier alpha value is -2.24. The summed E-state index contributed by atoms with van der Waals surface area (Å²) < 4.78 is 15.6. The predicted molar refractivity (Wildman–Crippen MR) is 91.4 cm³/mol. The lowest BCUT2D eigenvalue weighted by Gasteiger charge is -2.21. The Bertz CT molecular complexity index is 546. The van der Waals surface area contributed by atoms with Crippen molar-refractivity contribution >= 4 is 11.9 Å². The molecular formula is C18H27NO5. The monoisotopic (exact) mass is 337 g/mol. The van der Waals surface area contributed by atoms with Gasteiger partial charge in [0.1, 0.15) is 17.5 Å². The van der Waals surface area contributed by atoms with Gasteiger partial charge in [-0.3, -0.25) is 4.79 Å². The average molecular weight is 337 g/mol. The molecule has 1 aromatic carbocycles. The van der Waals surface area contributed by atoms with Crippen LogP contribution in [-0.2, 0) is 9.53 Å². The fourth-order valence-electron chi connectivity index (χ4n) is 2.00. The van der Waals surface area contributed by atoms with E-state index in [9.17, 15) is 9.59 Å². The second kappa shape index (κ2) is 9.15. The van der Waals surface area contributed by atoms with Gasteiger partial charge >= 0.3 is 5.97 Å². The van der Waals surface area contributed by atoms with Crippen LogP contribution in [0.2, 0.25) is 0 Å². The van der Waals surface area contributed by atoms with E-state index < -0.39 is 12.0 Å². The normalized spacial score (nSPS) is 12.0. The third-order valence-electron chi connectivity index (χ3n) is 3.38.